The van der Waals surface area contributed by atoms with Crippen LogP contribution in [0.1, 0.15) is 33.6 Å². The second kappa shape index (κ2) is 3.24. The van der Waals surface area contributed by atoms with E-state index in [0.29, 0.717) is 17.3 Å². The van der Waals surface area contributed by atoms with E-state index in [1.54, 1.807) is 0 Å². The minimum absolute atomic E-state index is 0.0000779. The fourth-order valence-electron chi connectivity index (χ4n) is 4.40. The summed E-state index contributed by atoms with van der Waals surface area (Å²) in [6.45, 7) is 6.85. The van der Waals surface area contributed by atoms with Crippen LogP contribution in [-0.4, -0.2) is 22.9 Å². The highest BCUT2D eigenvalue weighted by Crippen LogP contribution is 2.63. The highest BCUT2D eigenvalue weighted by Gasteiger charge is 2.56. The van der Waals surface area contributed by atoms with Crippen LogP contribution in [0.25, 0.3) is 0 Å². The van der Waals surface area contributed by atoms with Crippen LogP contribution in [0.3, 0.4) is 0 Å². The number of allylic oxidation sites excluding steroid dienone is 3. The predicted molar refractivity (Wildman–Crippen MR) is 67.4 cm³/mol. The third-order valence-corrected chi connectivity index (χ3v) is 5.30. The van der Waals surface area contributed by atoms with Crippen molar-refractivity contribution in [3.63, 3.8) is 0 Å². The summed E-state index contributed by atoms with van der Waals surface area (Å²) < 4.78 is 0. The molecule has 2 N–H and O–H groups in total. The second-order valence-corrected chi connectivity index (χ2v) is 7.00. The summed E-state index contributed by atoms with van der Waals surface area (Å²) in [5.41, 5.74) is 2.49. The number of fused-ring (bicyclic) bond motifs is 3. The highest BCUT2D eigenvalue weighted by molar-refractivity contribution is 5.50. The fourth-order valence-corrected chi connectivity index (χ4v) is 4.40. The first kappa shape index (κ1) is 11.5. The zero-order valence-electron chi connectivity index (χ0n) is 10.9. The third kappa shape index (κ3) is 1.34. The van der Waals surface area contributed by atoms with Crippen molar-refractivity contribution in [1.29, 1.82) is 0 Å². The number of hydrogen-bond donors (Lipinski definition) is 2. The Labute approximate surface area is 103 Å². The lowest BCUT2D eigenvalue weighted by Gasteiger charge is -2.50. The molecule has 3 rings (SSSR count). The Morgan fingerprint density at radius 3 is 2.53 bits per heavy atom. The van der Waals surface area contributed by atoms with Gasteiger partial charge < -0.3 is 10.2 Å². The molecule has 1 fully saturated rings. The molecule has 0 aromatic rings. The molecule has 0 amide bonds. The minimum atomic E-state index is -0.431. The maximum atomic E-state index is 10.5. The Morgan fingerprint density at radius 1 is 1.29 bits per heavy atom. The molecule has 0 saturated heterocycles. The molecular weight excluding hydrogens is 212 g/mol. The van der Waals surface area contributed by atoms with Gasteiger partial charge in [-0.3, -0.25) is 0 Å². The van der Waals surface area contributed by atoms with Crippen LogP contribution in [0.15, 0.2) is 23.3 Å². The van der Waals surface area contributed by atoms with Gasteiger partial charge in [-0.15, -0.1) is 0 Å². The lowest BCUT2D eigenvalue weighted by atomic mass is 9.55. The van der Waals surface area contributed by atoms with Gasteiger partial charge in [-0.1, -0.05) is 32.9 Å². The van der Waals surface area contributed by atoms with Crippen LogP contribution in [0.2, 0.25) is 0 Å². The Morgan fingerprint density at radius 2 is 2.00 bits per heavy atom. The van der Waals surface area contributed by atoms with E-state index in [1.807, 2.05) is 0 Å². The average Bonchev–Trinajstić information content (AvgIpc) is 2.57. The van der Waals surface area contributed by atoms with Crippen molar-refractivity contribution in [2.24, 2.45) is 22.7 Å². The van der Waals surface area contributed by atoms with E-state index in [9.17, 15) is 10.2 Å². The van der Waals surface area contributed by atoms with E-state index in [2.05, 4.69) is 32.9 Å². The van der Waals surface area contributed by atoms with Gasteiger partial charge in [0.25, 0.3) is 0 Å². The normalized spacial score (nSPS) is 46.5. The predicted octanol–water partition coefficient (Wildman–Crippen LogP) is 2.28. The van der Waals surface area contributed by atoms with Gasteiger partial charge in [0.2, 0.25) is 0 Å². The van der Waals surface area contributed by atoms with E-state index in [4.69, 9.17) is 0 Å². The molecule has 0 spiro atoms. The Kier molecular flexibility index (Phi) is 2.19. The van der Waals surface area contributed by atoms with E-state index < -0.39 is 6.10 Å². The van der Waals surface area contributed by atoms with Crippen molar-refractivity contribution in [2.45, 2.75) is 39.7 Å². The molecule has 4 atom stereocenters. The van der Waals surface area contributed by atoms with Crippen LogP contribution in [0, 0.1) is 22.7 Å². The minimum Gasteiger partial charge on any atom is -0.392 e. The van der Waals surface area contributed by atoms with Crippen LogP contribution >= 0.6 is 0 Å². The first-order valence-electron chi connectivity index (χ1n) is 6.61. The molecule has 0 aromatic heterocycles. The summed E-state index contributed by atoms with van der Waals surface area (Å²) in [4.78, 5) is 0. The monoisotopic (exact) mass is 234 g/mol. The van der Waals surface area contributed by atoms with Crippen LogP contribution in [0.4, 0.5) is 0 Å². The van der Waals surface area contributed by atoms with Gasteiger partial charge >= 0.3 is 0 Å². The smallest absolute Gasteiger partial charge is 0.0809 e. The zero-order valence-corrected chi connectivity index (χ0v) is 10.9. The van der Waals surface area contributed by atoms with Gasteiger partial charge in [-0.05, 0) is 41.2 Å². The molecule has 1 saturated carbocycles. The summed E-state index contributed by atoms with van der Waals surface area (Å²) in [5, 5.41) is 20.0. The van der Waals surface area contributed by atoms with Gasteiger partial charge in [-0.25, -0.2) is 0 Å². The van der Waals surface area contributed by atoms with Crippen LogP contribution in [0.5, 0.6) is 0 Å². The quantitative estimate of drug-likeness (QED) is 0.730. The molecule has 0 radical (unpaired) electrons. The van der Waals surface area contributed by atoms with Crippen molar-refractivity contribution in [3.8, 4) is 0 Å². The number of aliphatic hydroxyl groups is 2. The van der Waals surface area contributed by atoms with Crippen molar-refractivity contribution < 1.29 is 10.2 Å². The molecule has 94 valence electrons. The Bertz CT molecular complexity index is 419. The molecule has 3 aliphatic rings. The topological polar surface area (TPSA) is 40.5 Å². The number of hydrogen-bond acceptors (Lipinski definition) is 2. The lowest BCUT2D eigenvalue weighted by molar-refractivity contribution is 0.0531. The van der Waals surface area contributed by atoms with Crippen molar-refractivity contribution in [1.82, 2.24) is 0 Å². The highest BCUT2D eigenvalue weighted by atomic mass is 16.3. The SMILES string of the molecule is CC1(C)C[C@H]2[C@H](O)C(CO)=C3C=C[C@]3(C)[C@H]2C1. The summed E-state index contributed by atoms with van der Waals surface area (Å²) in [5.74, 6) is 0.869. The molecule has 0 bridgehead atoms. The zero-order chi connectivity index (χ0) is 12.4. The Hall–Kier alpha value is -0.600. The van der Waals surface area contributed by atoms with Gasteiger partial charge in [-0.2, -0.15) is 0 Å². The standard InChI is InChI=1S/C15H22O2/c1-14(2)6-9-12(7-14)15(3)5-4-11(15)10(8-16)13(9)17/h4-5,9,12-13,16-17H,6-8H2,1-3H3/t9-,12+,13+,15+/m1/s1. The number of rotatable bonds is 1. The molecular formula is C15H22O2. The molecule has 0 heterocycles. The molecule has 3 aliphatic carbocycles. The van der Waals surface area contributed by atoms with Gasteiger partial charge in [0.15, 0.2) is 0 Å². The van der Waals surface area contributed by atoms with Gasteiger partial charge in [0.1, 0.15) is 0 Å². The maximum Gasteiger partial charge on any atom is 0.0809 e. The summed E-state index contributed by atoms with van der Waals surface area (Å²) in [7, 11) is 0. The summed E-state index contributed by atoms with van der Waals surface area (Å²) in [6.07, 6.45) is 6.16. The first-order chi connectivity index (χ1) is 7.89. The van der Waals surface area contributed by atoms with E-state index in [0.717, 1.165) is 12.0 Å². The second-order valence-electron chi connectivity index (χ2n) is 7.00. The molecule has 17 heavy (non-hydrogen) atoms. The van der Waals surface area contributed by atoms with Crippen LogP contribution in [-0.2, 0) is 0 Å². The number of aliphatic hydroxyl groups excluding tert-OH is 2. The van der Waals surface area contributed by atoms with Crippen molar-refractivity contribution in [3.05, 3.63) is 23.3 Å². The van der Waals surface area contributed by atoms with Crippen molar-refractivity contribution >= 4 is 0 Å². The first-order valence-corrected chi connectivity index (χ1v) is 6.61. The summed E-state index contributed by atoms with van der Waals surface area (Å²) >= 11 is 0. The molecule has 2 heteroatoms. The van der Waals surface area contributed by atoms with E-state index >= 15 is 0 Å². The average molecular weight is 234 g/mol. The third-order valence-electron chi connectivity index (χ3n) is 5.30. The van der Waals surface area contributed by atoms with Crippen LogP contribution < -0.4 is 0 Å². The largest absolute Gasteiger partial charge is 0.392 e. The lowest BCUT2D eigenvalue weighted by Crippen LogP contribution is -2.46. The molecule has 0 aliphatic heterocycles. The molecule has 0 aromatic carbocycles. The van der Waals surface area contributed by atoms with Gasteiger partial charge in [0, 0.05) is 5.41 Å². The van der Waals surface area contributed by atoms with Crippen molar-refractivity contribution in [2.75, 3.05) is 6.61 Å². The molecule has 0 unspecified atom stereocenters. The maximum absolute atomic E-state index is 10.5. The Balaban J connectivity index is 2.07. The fraction of sp³-hybridized carbons (Fsp3) is 0.733. The van der Waals surface area contributed by atoms with E-state index in [1.165, 1.54) is 12.0 Å². The summed E-state index contributed by atoms with van der Waals surface area (Å²) in [6, 6.07) is 0. The van der Waals surface area contributed by atoms with Gasteiger partial charge in [0.05, 0.1) is 12.7 Å². The molecule has 2 nitrogen and oxygen atoms in total. The van der Waals surface area contributed by atoms with E-state index in [-0.39, 0.29) is 12.0 Å².